The molecular formula is C10H13NOS. The second-order valence-corrected chi connectivity index (χ2v) is 4.84. The van der Waals surface area contributed by atoms with Crippen LogP contribution < -0.4 is 10.1 Å². The molecule has 1 fully saturated rings. The molecule has 0 amide bonds. The van der Waals surface area contributed by atoms with Gasteiger partial charge in [0.25, 0.3) is 0 Å². The van der Waals surface area contributed by atoms with Crippen LogP contribution in [-0.4, -0.2) is 12.6 Å². The summed E-state index contributed by atoms with van der Waals surface area (Å²) in [4.78, 5) is 1.35. The van der Waals surface area contributed by atoms with E-state index in [1.165, 1.54) is 17.7 Å². The summed E-state index contributed by atoms with van der Waals surface area (Å²) in [6.45, 7) is 1.85. The maximum absolute atomic E-state index is 5.75. The van der Waals surface area contributed by atoms with Gasteiger partial charge < -0.3 is 10.1 Å². The van der Waals surface area contributed by atoms with Gasteiger partial charge in [0.05, 0.1) is 4.88 Å². The number of rotatable bonds is 1. The van der Waals surface area contributed by atoms with Crippen molar-refractivity contribution in [2.75, 3.05) is 6.61 Å². The number of fused-ring (bicyclic) bond motifs is 1. The lowest BCUT2D eigenvalue weighted by Gasteiger charge is -2.13. The zero-order valence-corrected chi connectivity index (χ0v) is 8.27. The molecule has 3 rings (SSSR count). The van der Waals surface area contributed by atoms with E-state index in [1.54, 1.807) is 11.3 Å². The molecule has 0 saturated heterocycles. The first kappa shape index (κ1) is 7.83. The van der Waals surface area contributed by atoms with Gasteiger partial charge in [-0.25, -0.2) is 0 Å². The summed E-state index contributed by atoms with van der Waals surface area (Å²) < 4.78 is 5.75. The van der Waals surface area contributed by atoms with E-state index in [4.69, 9.17) is 4.74 Å². The largest absolute Gasteiger partial charge is 0.491 e. The molecule has 70 valence electrons. The Morgan fingerprint density at radius 1 is 1.46 bits per heavy atom. The van der Waals surface area contributed by atoms with Gasteiger partial charge in [-0.1, -0.05) is 0 Å². The van der Waals surface area contributed by atoms with Crippen LogP contribution in [0.3, 0.4) is 0 Å². The molecule has 2 nitrogen and oxygen atoms in total. The Balaban J connectivity index is 1.75. The van der Waals surface area contributed by atoms with Gasteiger partial charge in [-0.2, -0.15) is 0 Å². The van der Waals surface area contributed by atoms with Crippen molar-refractivity contribution in [3.63, 3.8) is 0 Å². The van der Waals surface area contributed by atoms with E-state index in [9.17, 15) is 0 Å². The molecule has 1 aliphatic carbocycles. The summed E-state index contributed by atoms with van der Waals surface area (Å²) >= 11 is 1.79. The molecule has 1 unspecified atom stereocenters. The highest BCUT2D eigenvalue weighted by atomic mass is 32.1. The highest BCUT2D eigenvalue weighted by Gasteiger charge is 2.32. The van der Waals surface area contributed by atoms with Crippen molar-refractivity contribution in [3.05, 3.63) is 16.3 Å². The lowest BCUT2D eigenvalue weighted by molar-refractivity contribution is 0.263. The monoisotopic (exact) mass is 195 g/mol. The molecule has 1 N–H and O–H groups in total. The molecule has 0 aromatic carbocycles. The van der Waals surface area contributed by atoms with Crippen LogP contribution in [0.2, 0.25) is 0 Å². The highest BCUT2D eigenvalue weighted by molar-refractivity contribution is 7.10. The third kappa shape index (κ3) is 1.46. The van der Waals surface area contributed by atoms with Crippen molar-refractivity contribution >= 4 is 11.3 Å². The van der Waals surface area contributed by atoms with Crippen LogP contribution in [0.25, 0.3) is 0 Å². The van der Waals surface area contributed by atoms with E-state index in [0.717, 1.165) is 24.8 Å². The average molecular weight is 195 g/mol. The Kier molecular flexibility index (Phi) is 1.80. The van der Waals surface area contributed by atoms with E-state index in [2.05, 4.69) is 16.8 Å². The van der Waals surface area contributed by atoms with Gasteiger partial charge in [-0.15, -0.1) is 11.3 Å². The molecule has 1 aliphatic heterocycles. The maximum atomic E-state index is 5.75. The smallest absolute Gasteiger partial charge is 0.134 e. The molecule has 0 radical (unpaired) electrons. The van der Waals surface area contributed by atoms with Gasteiger partial charge in [0, 0.05) is 12.6 Å². The predicted molar refractivity (Wildman–Crippen MR) is 53.2 cm³/mol. The highest BCUT2D eigenvalue weighted by Crippen LogP contribution is 2.35. The lowest BCUT2D eigenvalue weighted by Crippen LogP contribution is -2.33. The molecule has 2 aliphatic rings. The Morgan fingerprint density at radius 3 is 3.23 bits per heavy atom. The first-order valence-electron chi connectivity index (χ1n) is 4.86. The molecule has 13 heavy (non-hydrogen) atoms. The molecular weight excluding hydrogens is 182 g/mol. The Labute approximate surface area is 81.9 Å². The first-order valence-corrected chi connectivity index (χ1v) is 5.74. The second kappa shape index (κ2) is 3.00. The first-order chi connectivity index (χ1) is 6.43. The van der Waals surface area contributed by atoms with Gasteiger partial charge in [0.1, 0.15) is 12.4 Å². The minimum atomic E-state index is 0.597. The number of nitrogens with one attached hydrogen (secondary N) is 1. The summed E-state index contributed by atoms with van der Waals surface area (Å²) in [7, 11) is 0. The van der Waals surface area contributed by atoms with Crippen LogP contribution in [0.1, 0.15) is 17.7 Å². The fourth-order valence-corrected chi connectivity index (χ4v) is 2.62. The van der Waals surface area contributed by atoms with Crippen molar-refractivity contribution in [1.29, 1.82) is 0 Å². The van der Waals surface area contributed by atoms with Gasteiger partial charge in [-0.3, -0.25) is 0 Å². The van der Waals surface area contributed by atoms with E-state index in [1.807, 2.05) is 0 Å². The van der Waals surface area contributed by atoms with Crippen molar-refractivity contribution in [2.24, 2.45) is 5.92 Å². The topological polar surface area (TPSA) is 21.3 Å². The van der Waals surface area contributed by atoms with Crippen LogP contribution in [-0.2, 0) is 6.54 Å². The number of hydrogen-bond acceptors (Lipinski definition) is 3. The standard InChI is InChI=1S/C10H13NOS/c1-2-7(1)8-6-12-9-3-4-13-10(9)5-11-8/h3-4,7-8,11H,1-2,5-6H2. The van der Waals surface area contributed by atoms with Gasteiger partial charge >= 0.3 is 0 Å². The summed E-state index contributed by atoms with van der Waals surface area (Å²) in [5.74, 6) is 1.98. The zero-order chi connectivity index (χ0) is 8.67. The number of ether oxygens (including phenoxy) is 1. The summed E-state index contributed by atoms with van der Waals surface area (Å²) in [6.07, 6.45) is 2.77. The minimum Gasteiger partial charge on any atom is -0.491 e. The summed E-state index contributed by atoms with van der Waals surface area (Å²) in [5.41, 5.74) is 0. The molecule has 1 saturated carbocycles. The van der Waals surface area contributed by atoms with E-state index >= 15 is 0 Å². The van der Waals surface area contributed by atoms with Crippen LogP contribution in [0.15, 0.2) is 11.4 Å². The van der Waals surface area contributed by atoms with Crippen molar-refractivity contribution < 1.29 is 4.74 Å². The van der Waals surface area contributed by atoms with Gasteiger partial charge in [0.15, 0.2) is 0 Å². The molecule has 2 heterocycles. The third-order valence-corrected chi connectivity index (χ3v) is 3.74. The van der Waals surface area contributed by atoms with Gasteiger partial charge in [0.2, 0.25) is 0 Å². The SMILES string of the molecule is c1cc2c(s1)CNC(C1CC1)CO2. The Hall–Kier alpha value is -0.540. The minimum absolute atomic E-state index is 0.597. The van der Waals surface area contributed by atoms with E-state index in [0.29, 0.717) is 6.04 Å². The molecule has 1 aromatic heterocycles. The molecule has 0 spiro atoms. The summed E-state index contributed by atoms with van der Waals surface area (Å²) in [6, 6.07) is 2.68. The summed E-state index contributed by atoms with van der Waals surface area (Å²) in [5, 5.41) is 5.67. The molecule has 1 atom stereocenters. The zero-order valence-electron chi connectivity index (χ0n) is 7.45. The second-order valence-electron chi connectivity index (χ2n) is 3.84. The van der Waals surface area contributed by atoms with Gasteiger partial charge in [-0.05, 0) is 30.2 Å². The molecule has 1 aromatic rings. The third-order valence-electron chi connectivity index (χ3n) is 2.84. The fourth-order valence-electron chi connectivity index (χ4n) is 1.85. The van der Waals surface area contributed by atoms with Crippen LogP contribution in [0.4, 0.5) is 0 Å². The number of thiophene rings is 1. The lowest BCUT2D eigenvalue weighted by atomic mass is 10.2. The quantitative estimate of drug-likeness (QED) is 0.740. The molecule has 0 bridgehead atoms. The van der Waals surface area contributed by atoms with E-state index < -0.39 is 0 Å². The van der Waals surface area contributed by atoms with Crippen LogP contribution in [0.5, 0.6) is 5.75 Å². The van der Waals surface area contributed by atoms with Crippen molar-refractivity contribution in [2.45, 2.75) is 25.4 Å². The Bertz CT molecular complexity index is 283. The maximum Gasteiger partial charge on any atom is 0.134 e. The normalized spacial score (nSPS) is 27.5. The van der Waals surface area contributed by atoms with Crippen LogP contribution >= 0.6 is 11.3 Å². The van der Waals surface area contributed by atoms with Crippen LogP contribution in [0, 0.1) is 5.92 Å². The van der Waals surface area contributed by atoms with E-state index in [-0.39, 0.29) is 0 Å². The van der Waals surface area contributed by atoms with Crippen molar-refractivity contribution in [1.82, 2.24) is 5.32 Å². The fraction of sp³-hybridized carbons (Fsp3) is 0.600. The van der Waals surface area contributed by atoms with Crippen molar-refractivity contribution in [3.8, 4) is 5.75 Å². The molecule has 3 heteroatoms. The number of hydrogen-bond donors (Lipinski definition) is 1. The average Bonchev–Trinajstić information content (AvgIpc) is 2.90. The predicted octanol–water partition coefficient (Wildman–Crippen LogP) is 2.01. The Morgan fingerprint density at radius 2 is 2.38 bits per heavy atom.